The van der Waals surface area contributed by atoms with Gasteiger partial charge in [-0.2, -0.15) is 0 Å². The molecule has 148 valence electrons. The van der Waals surface area contributed by atoms with Crippen LogP contribution < -0.4 is 15.0 Å². The van der Waals surface area contributed by atoms with Crippen LogP contribution in [0.1, 0.15) is 17.3 Å². The molecule has 3 aromatic rings. The number of anilines is 1. The number of ether oxygens (including phenoxy) is 1. The molecule has 2 amide bonds. The lowest BCUT2D eigenvalue weighted by Crippen LogP contribution is -2.37. The molecule has 6 heteroatoms. The summed E-state index contributed by atoms with van der Waals surface area (Å²) in [7, 11) is 0. The minimum Gasteiger partial charge on any atom is -0.457 e. The molecule has 1 N–H and O–H groups in total. The highest BCUT2D eigenvalue weighted by atomic mass is 19.1. The van der Waals surface area contributed by atoms with E-state index < -0.39 is 11.7 Å². The van der Waals surface area contributed by atoms with E-state index in [1.165, 1.54) is 30.0 Å². The summed E-state index contributed by atoms with van der Waals surface area (Å²) >= 11 is 0. The molecule has 0 spiro atoms. The van der Waals surface area contributed by atoms with E-state index in [9.17, 15) is 14.0 Å². The fraction of sp³-hybridized carbons (Fsp3) is 0.130. The number of hydrogen-bond donors (Lipinski definition) is 1. The molecule has 0 radical (unpaired) electrons. The quantitative estimate of drug-likeness (QED) is 0.648. The van der Waals surface area contributed by atoms with Crippen molar-refractivity contribution in [3.63, 3.8) is 0 Å². The Morgan fingerprint density at radius 3 is 2.17 bits per heavy atom. The van der Waals surface area contributed by atoms with Crippen molar-refractivity contribution in [2.45, 2.75) is 6.92 Å². The Labute approximate surface area is 168 Å². The van der Waals surface area contributed by atoms with Gasteiger partial charge >= 0.3 is 0 Å². The molecule has 0 aliphatic heterocycles. The number of rotatable bonds is 7. The zero-order valence-electron chi connectivity index (χ0n) is 16.0. The lowest BCUT2D eigenvalue weighted by Gasteiger charge is -2.21. The Morgan fingerprint density at radius 1 is 0.897 bits per heavy atom. The molecule has 0 fully saturated rings. The van der Waals surface area contributed by atoms with Gasteiger partial charge in [0.25, 0.3) is 5.91 Å². The monoisotopic (exact) mass is 392 g/mol. The number of amides is 2. The maximum absolute atomic E-state index is 13.7. The number of para-hydroxylation sites is 1. The molecule has 0 bridgehead atoms. The normalized spacial score (nSPS) is 10.3. The van der Waals surface area contributed by atoms with Crippen molar-refractivity contribution in [3.05, 3.63) is 90.2 Å². The Hall–Kier alpha value is -3.67. The van der Waals surface area contributed by atoms with E-state index in [0.717, 1.165) is 5.75 Å². The van der Waals surface area contributed by atoms with E-state index in [1.807, 2.05) is 30.3 Å². The average Bonchev–Trinajstić information content (AvgIpc) is 2.73. The largest absolute Gasteiger partial charge is 0.457 e. The lowest BCUT2D eigenvalue weighted by molar-refractivity contribution is -0.116. The second kappa shape index (κ2) is 9.50. The third-order valence-corrected chi connectivity index (χ3v) is 4.25. The van der Waals surface area contributed by atoms with Crippen LogP contribution in [0.2, 0.25) is 0 Å². The van der Waals surface area contributed by atoms with Crippen LogP contribution >= 0.6 is 0 Å². The molecule has 0 atom stereocenters. The van der Waals surface area contributed by atoms with Crippen LogP contribution in [0.4, 0.5) is 10.1 Å². The number of benzene rings is 3. The second-order valence-corrected chi connectivity index (χ2v) is 6.32. The molecule has 0 unspecified atom stereocenters. The summed E-state index contributed by atoms with van der Waals surface area (Å²) in [4.78, 5) is 25.7. The predicted octanol–water partition coefficient (Wildman–Crippen LogP) is 4.40. The van der Waals surface area contributed by atoms with Gasteiger partial charge in [-0.05, 0) is 48.5 Å². The van der Waals surface area contributed by atoms with Crippen molar-refractivity contribution in [2.75, 3.05) is 18.0 Å². The smallest absolute Gasteiger partial charge is 0.254 e. The first kappa shape index (κ1) is 20.1. The fourth-order valence-electron chi connectivity index (χ4n) is 2.81. The first-order valence-corrected chi connectivity index (χ1v) is 9.18. The number of nitrogens with zero attached hydrogens (tertiary/aromatic N) is 1. The molecule has 0 heterocycles. The number of carbonyl (C=O) groups excluding carboxylic acids is 2. The van der Waals surface area contributed by atoms with E-state index in [4.69, 9.17) is 4.74 Å². The molecular weight excluding hydrogens is 371 g/mol. The maximum Gasteiger partial charge on any atom is 0.254 e. The molecule has 0 saturated carbocycles. The Balaban J connectivity index is 1.60. The molecular formula is C23H21FN2O3. The molecule has 0 aromatic heterocycles. The van der Waals surface area contributed by atoms with Crippen molar-refractivity contribution >= 4 is 17.5 Å². The molecule has 3 rings (SSSR count). The SMILES string of the molecule is CC(=O)N(CCNC(=O)c1ccccc1F)c1ccc(Oc2ccccc2)cc1. The van der Waals surface area contributed by atoms with Gasteiger partial charge in [-0.25, -0.2) is 4.39 Å². The van der Waals surface area contributed by atoms with Gasteiger partial charge in [0.05, 0.1) is 5.56 Å². The van der Waals surface area contributed by atoms with E-state index in [0.29, 0.717) is 11.4 Å². The highest BCUT2D eigenvalue weighted by Gasteiger charge is 2.14. The number of halogens is 1. The molecule has 0 aliphatic rings. The van der Waals surface area contributed by atoms with Gasteiger partial charge in [0.1, 0.15) is 17.3 Å². The van der Waals surface area contributed by atoms with E-state index >= 15 is 0 Å². The van der Waals surface area contributed by atoms with Gasteiger partial charge in [-0.15, -0.1) is 0 Å². The van der Waals surface area contributed by atoms with Gasteiger partial charge in [0, 0.05) is 25.7 Å². The van der Waals surface area contributed by atoms with E-state index in [2.05, 4.69) is 5.32 Å². The summed E-state index contributed by atoms with van der Waals surface area (Å²) in [6.45, 7) is 1.90. The minimum absolute atomic E-state index is 0.0238. The van der Waals surface area contributed by atoms with E-state index in [1.54, 1.807) is 30.3 Å². The predicted molar refractivity (Wildman–Crippen MR) is 110 cm³/mol. The molecule has 0 saturated heterocycles. The van der Waals surface area contributed by atoms with Crippen molar-refractivity contribution in [3.8, 4) is 11.5 Å². The topological polar surface area (TPSA) is 58.6 Å². The standard InChI is InChI=1S/C23H21FN2O3/c1-17(27)26(16-15-25-23(28)21-9-5-6-10-22(21)24)18-11-13-20(14-12-18)29-19-7-3-2-4-8-19/h2-14H,15-16H2,1H3,(H,25,28). The third-order valence-electron chi connectivity index (χ3n) is 4.25. The van der Waals surface area contributed by atoms with Gasteiger partial charge in [-0.3, -0.25) is 9.59 Å². The van der Waals surface area contributed by atoms with Gasteiger partial charge in [0.2, 0.25) is 5.91 Å². The Kier molecular flexibility index (Phi) is 6.58. The molecule has 0 aliphatic carbocycles. The summed E-state index contributed by atoms with van der Waals surface area (Å²) in [5, 5.41) is 2.64. The maximum atomic E-state index is 13.7. The summed E-state index contributed by atoms with van der Waals surface area (Å²) in [5.41, 5.74) is 0.655. The highest BCUT2D eigenvalue weighted by Crippen LogP contribution is 2.24. The van der Waals surface area contributed by atoms with Crippen molar-refractivity contribution in [2.24, 2.45) is 0 Å². The van der Waals surface area contributed by atoms with Crippen LogP contribution in [0.15, 0.2) is 78.9 Å². The zero-order chi connectivity index (χ0) is 20.6. The first-order valence-electron chi connectivity index (χ1n) is 9.18. The Bertz CT molecular complexity index is 975. The second-order valence-electron chi connectivity index (χ2n) is 6.32. The van der Waals surface area contributed by atoms with Crippen LogP contribution in [-0.4, -0.2) is 24.9 Å². The van der Waals surface area contributed by atoms with Crippen LogP contribution in [0.25, 0.3) is 0 Å². The van der Waals surface area contributed by atoms with Crippen molar-refractivity contribution in [1.82, 2.24) is 5.32 Å². The number of carbonyl (C=O) groups is 2. The highest BCUT2D eigenvalue weighted by molar-refractivity contribution is 5.95. The molecule has 5 nitrogen and oxygen atoms in total. The fourth-order valence-corrected chi connectivity index (χ4v) is 2.81. The molecule has 3 aromatic carbocycles. The summed E-state index contributed by atoms with van der Waals surface area (Å²) in [5.74, 6) is 0.110. The van der Waals surface area contributed by atoms with Crippen LogP contribution in [0.3, 0.4) is 0 Å². The van der Waals surface area contributed by atoms with Gasteiger partial charge < -0.3 is 15.0 Å². The lowest BCUT2D eigenvalue weighted by atomic mass is 10.2. The van der Waals surface area contributed by atoms with Crippen molar-refractivity contribution in [1.29, 1.82) is 0 Å². The summed E-state index contributed by atoms with van der Waals surface area (Å²) in [6.07, 6.45) is 0. The van der Waals surface area contributed by atoms with Crippen LogP contribution in [-0.2, 0) is 4.79 Å². The minimum atomic E-state index is -0.581. The van der Waals surface area contributed by atoms with Crippen molar-refractivity contribution < 1.29 is 18.7 Å². The average molecular weight is 392 g/mol. The van der Waals surface area contributed by atoms with Gasteiger partial charge in [-0.1, -0.05) is 30.3 Å². The van der Waals surface area contributed by atoms with Crippen LogP contribution in [0.5, 0.6) is 11.5 Å². The molecule has 29 heavy (non-hydrogen) atoms. The number of nitrogens with one attached hydrogen (secondary N) is 1. The summed E-state index contributed by atoms with van der Waals surface area (Å²) < 4.78 is 19.4. The zero-order valence-corrected chi connectivity index (χ0v) is 16.0. The third kappa shape index (κ3) is 5.42. The van der Waals surface area contributed by atoms with E-state index in [-0.39, 0.29) is 24.6 Å². The number of hydrogen-bond acceptors (Lipinski definition) is 3. The first-order chi connectivity index (χ1) is 14.0. The van der Waals surface area contributed by atoms with Crippen LogP contribution in [0, 0.1) is 5.82 Å². The summed E-state index contributed by atoms with van der Waals surface area (Å²) in [6, 6.07) is 22.3. The Morgan fingerprint density at radius 2 is 1.52 bits per heavy atom. The van der Waals surface area contributed by atoms with Gasteiger partial charge in [0.15, 0.2) is 0 Å².